The Bertz CT molecular complexity index is 883. The average molecular weight is 426 g/mol. The summed E-state index contributed by atoms with van der Waals surface area (Å²) in [7, 11) is 0. The number of aryl methyl sites for hydroxylation is 1. The monoisotopic (exact) mass is 425 g/mol. The molecule has 4 rings (SSSR count). The smallest absolute Gasteiger partial charge is 0.341 e. The van der Waals surface area contributed by atoms with E-state index < -0.39 is 0 Å². The summed E-state index contributed by atoms with van der Waals surface area (Å²) in [4.78, 5) is 27.6. The molecule has 2 aliphatic rings. The Morgan fingerprint density at radius 3 is 2.53 bits per heavy atom. The topological polar surface area (TPSA) is 55.4 Å². The van der Waals surface area contributed by atoms with Crippen molar-refractivity contribution in [3.63, 3.8) is 0 Å². The van der Waals surface area contributed by atoms with Crippen molar-refractivity contribution >= 4 is 28.2 Å². The number of ether oxygens (including phenoxy) is 1. The van der Waals surface area contributed by atoms with Crippen LogP contribution in [-0.4, -0.2) is 18.5 Å². The standard InChI is InChI=1S/C25H31NO3S/c1-2-29-25(28)22-19-15-9-10-16-20(19)30-24(22)26-23(27)21(17-11-5-3-6-12-17)18-13-7-4-8-14-18/h3,5-6,11-12,18,21H,2,4,7-10,13-16H2,1H3,(H,26,27)/t21-/m0/s1. The number of anilines is 1. The molecule has 1 amide bonds. The number of amides is 1. The number of thiophene rings is 1. The number of hydrogen-bond donors (Lipinski definition) is 1. The first-order chi connectivity index (χ1) is 14.7. The summed E-state index contributed by atoms with van der Waals surface area (Å²) < 4.78 is 5.35. The molecule has 2 aliphatic carbocycles. The van der Waals surface area contributed by atoms with E-state index >= 15 is 0 Å². The van der Waals surface area contributed by atoms with Crippen molar-refractivity contribution in [1.82, 2.24) is 0 Å². The summed E-state index contributed by atoms with van der Waals surface area (Å²) in [5.41, 5.74) is 2.76. The number of carbonyl (C=O) groups is 2. The van der Waals surface area contributed by atoms with Crippen molar-refractivity contribution in [1.29, 1.82) is 0 Å². The minimum atomic E-state index is -0.305. The molecule has 1 aromatic heterocycles. The second-order valence-corrected chi connectivity index (χ2v) is 9.52. The lowest BCUT2D eigenvalue weighted by atomic mass is 9.76. The van der Waals surface area contributed by atoms with Crippen molar-refractivity contribution in [2.75, 3.05) is 11.9 Å². The Morgan fingerprint density at radius 1 is 1.07 bits per heavy atom. The zero-order valence-electron chi connectivity index (χ0n) is 17.7. The molecule has 1 saturated carbocycles. The number of fused-ring (bicyclic) bond motifs is 1. The summed E-state index contributed by atoms with van der Waals surface area (Å²) in [6.07, 6.45) is 9.87. The third kappa shape index (κ3) is 4.46. The van der Waals surface area contributed by atoms with Crippen LogP contribution in [0.2, 0.25) is 0 Å². The van der Waals surface area contributed by atoms with E-state index in [1.54, 1.807) is 11.3 Å². The molecule has 1 aromatic carbocycles. The van der Waals surface area contributed by atoms with Crippen LogP contribution in [0, 0.1) is 5.92 Å². The Labute approximate surface area is 183 Å². The number of esters is 1. The number of benzene rings is 1. The molecule has 4 nitrogen and oxygen atoms in total. The maximum Gasteiger partial charge on any atom is 0.341 e. The average Bonchev–Trinajstić information content (AvgIpc) is 3.13. The lowest BCUT2D eigenvalue weighted by molar-refractivity contribution is -0.119. The highest BCUT2D eigenvalue weighted by molar-refractivity contribution is 7.17. The molecule has 1 fully saturated rings. The van der Waals surface area contributed by atoms with E-state index in [0.29, 0.717) is 23.1 Å². The third-order valence-corrected chi connectivity index (χ3v) is 7.66. The lowest BCUT2D eigenvalue weighted by Gasteiger charge is -2.29. The van der Waals surface area contributed by atoms with Gasteiger partial charge in [0.25, 0.3) is 0 Å². The maximum atomic E-state index is 13.6. The fourth-order valence-electron chi connectivity index (χ4n) is 5.03. The summed E-state index contributed by atoms with van der Waals surface area (Å²) in [6, 6.07) is 10.1. The Morgan fingerprint density at radius 2 is 1.80 bits per heavy atom. The second-order valence-electron chi connectivity index (χ2n) is 8.41. The van der Waals surface area contributed by atoms with Crippen LogP contribution in [0.25, 0.3) is 0 Å². The lowest BCUT2D eigenvalue weighted by Crippen LogP contribution is -2.29. The van der Waals surface area contributed by atoms with Gasteiger partial charge in [0.2, 0.25) is 5.91 Å². The highest BCUT2D eigenvalue weighted by atomic mass is 32.1. The molecule has 1 heterocycles. The van der Waals surface area contributed by atoms with Gasteiger partial charge < -0.3 is 10.1 Å². The molecule has 5 heteroatoms. The fourth-order valence-corrected chi connectivity index (χ4v) is 6.31. The van der Waals surface area contributed by atoms with Gasteiger partial charge in [0, 0.05) is 4.88 Å². The third-order valence-electron chi connectivity index (χ3n) is 6.45. The maximum absolute atomic E-state index is 13.6. The molecule has 30 heavy (non-hydrogen) atoms. The van der Waals surface area contributed by atoms with Crippen LogP contribution < -0.4 is 5.32 Å². The van der Waals surface area contributed by atoms with Gasteiger partial charge >= 0.3 is 5.97 Å². The van der Waals surface area contributed by atoms with Crippen LogP contribution in [0.15, 0.2) is 30.3 Å². The summed E-state index contributed by atoms with van der Waals surface area (Å²) in [5.74, 6) is -0.124. The van der Waals surface area contributed by atoms with Gasteiger partial charge in [0.15, 0.2) is 0 Å². The van der Waals surface area contributed by atoms with Crippen molar-refractivity contribution in [3.8, 4) is 0 Å². The zero-order valence-corrected chi connectivity index (χ0v) is 18.6. The van der Waals surface area contributed by atoms with E-state index in [1.807, 2.05) is 25.1 Å². The molecule has 0 aliphatic heterocycles. The molecule has 0 radical (unpaired) electrons. The zero-order chi connectivity index (χ0) is 20.9. The Balaban J connectivity index is 1.65. The van der Waals surface area contributed by atoms with Crippen molar-refractivity contribution in [2.45, 2.75) is 70.6 Å². The molecule has 0 spiro atoms. The van der Waals surface area contributed by atoms with Gasteiger partial charge in [-0.25, -0.2) is 4.79 Å². The first-order valence-electron chi connectivity index (χ1n) is 11.4. The molecular weight excluding hydrogens is 394 g/mol. The van der Waals surface area contributed by atoms with Crippen molar-refractivity contribution in [3.05, 3.63) is 51.9 Å². The molecule has 0 bridgehead atoms. The van der Waals surface area contributed by atoms with E-state index in [4.69, 9.17) is 4.74 Å². The van der Waals surface area contributed by atoms with E-state index in [-0.39, 0.29) is 17.8 Å². The molecule has 2 aromatic rings. The number of rotatable bonds is 6. The Hall–Kier alpha value is -2.14. The number of nitrogens with one attached hydrogen (secondary N) is 1. The van der Waals surface area contributed by atoms with Gasteiger partial charge in [0.1, 0.15) is 5.00 Å². The summed E-state index contributed by atoms with van der Waals surface area (Å²) >= 11 is 1.57. The molecule has 160 valence electrons. The molecular formula is C25H31NO3S. The van der Waals surface area contributed by atoms with Crippen LogP contribution in [0.4, 0.5) is 5.00 Å². The van der Waals surface area contributed by atoms with Gasteiger partial charge in [-0.3, -0.25) is 4.79 Å². The van der Waals surface area contributed by atoms with E-state index in [0.717, 1.165) is 49.7 Å². The summed E-state index contributed by atoms with van der Waals surface area (Å²) in [5, 5.41) is 3.86. The Kier molecular flexibility index (Phi) is 6.88. The highest BCUT2D eigenvalue weighted by Gasteiger charge is 2.33. The minimum Gasteiger partial charge on any atom is -0.462 e. The van der Waals surface area contributed by atoms with Gasteiger partial charge in [0.05, 0.1) is 18.1 Å². The SMILES string of the molecule is CCOC(=O)c1c(NC(=O)[C@@H](c2ccccc2)C2CCCCC2)sc2c1CCCC2. The highest BCUT2D eigenvalue weighted by Crippen LogP contribution is 2.41. The molecule has 0 unspecified atom stereocenters. The van der Waals surface area contributed by atoms with Crippen LogP contribution in [0.1, 0.15) is 84.1 Å². The normalized spacial score (nSPS) is 17.8. The van der Waals surface area contributed by atoms with E-state index in [1.165, 1.54) is 24.1 Å². The van der Waals surface area contributed by atoms with Crippen LogP contribution in [0.5, 0.6) is 0 Å². The van der Waals surface area contributed by atoms with Crippen LogP contribution in [0.3, 0.4) is 0 Å². The number of carbonyl (C=O) groups excluding carboxylic acids is 2. The van der Waals surface area contributed by atoms with Crippen molar-refractivity contribution in [2.24, 2.45) is 5.92 Å². The van der Waals surface area contributed by atoms with Gasteiger partial charge in [-0.1, -0.05) is 49.6 Å². The predicted octanol–water partition coefficient (Wildman–Crippen LogP) is 6.11. The van der Waals surface area contributed by atoms with Gasteiger partial charge in [-0.05, 0) is 62.5 Å². The molecule has 1 N–H and O–H groups in total. The predicted molar refractivity (Wildman–Crippen MR) is 121 cm³/mol. The van der Waals surface area contributed by atoms with Crippen LogP contribution >= 0.6 is 11.3 Å². The quantitative estimate of drug-likeness (QED) is 0.568. The first kappa shape index (κ1) is 21.1. The first-order valence-corrected chi connectivity index (χ1v) is 12.2. The molecule has 0 saturated heterocycles. The van der Waals surface area contributed by atoms with Gasteiger partial charge in [-0.15, -0.1) is 11.3 Å². The largest absolute Gasteiger partial charge is 0.462 e. The molecule has 1 atom stereocenters. The van der Waals surface area contributed by atoms with E-state index in [2.05, 4.69) is 17.4 Å². The van der Waals surface area contributed by atoms with Crippen LogP contribution in [-0.2, 0) is 22.4 Å². The minimum absolute atomic E-state index is 0.0113. The van der Waals surface area contributed by atoms with Crippen molar-refractivity contribution < 1.29 is 14.3 Å². The summed E-state index contributed by atoms with van der Waals surface area (Å²) in [6.45, 7) is 2.16. The second kappa shape index (κ2) is 9.78. The van der Waals surface area contributed by atoms with Gasteiger partial charge in [-0.2, -0.15) is 0 Å². The van der Waals surface area contributed by atoms with E-state index in [9.17, 15) is 9.59 Å². The fraction of sp³-hybridized carbons (Fsp3) is 0.520. The number of hydrogen-bond acceptors (Lipinski definition) is 4.